The number of hydrogen-bond donors (Lipinski definition) is 2. The molecule has 0 amide bonds. The van der Waals surface area contributed by atoms with Crippen molar-refractivity contribution in [2.24, 2.45) is 4.99 Å². The second kappa shape index (κ2) is 12.3. The fourth-order valence-electron chi connectivity index (χ4n) is 2.79. The van der Waals surface area contributed by atoms with Crippen molar-refractivity contribution in [2.75, 3.05) is 39.8 Å². The number of nitrogens with zero attached hydrogens (tertiary/aromatic N) is 2. The third kappa shape index (κ3) is 8.71. The Bertz CT molecular complexity index is 524. The van der Waals surface area contributed by atoms with Gasteiger partial charge < -0.3 is 20.3 Å². The van der Waals surface area contributed by atoms with Gasteiger partial charge in [-0.25, -0.2) is 4.39 Å². The summed E-state index contributed by atoms with van der Waals surface area (Å²) in [6, 6.07) is 6.20. The van der Waals surface area contributed by atoms with Crippen molar-refractivity contribution in [1.29, 1.82) is 0 Å². The molecule has 5 nitrogen and oxygen atoms in total. The zero-order valence-electron chi connectivity index (χ0n) is 15.1. The average molecular weight is 464 g/mol. The predicted octanol–water partition coefficient (Wildman–Crippen LogP) is 2.86. The number of hydrogen-bond acceptors (Lipinski definition) is 3. The molecule has 2 rings (SSSR count). The zero-order valence-corrected chi connectivity index (χ0v) is 17.5. The number of piperidine rings is 1. The third-order valence-electron chi connectivity index (χ3n) is 4.08. The summed E-state index contributed by atoms with van der Waals surface area (Å²) >= 11 is 0. The topological polar surface area (TPSA) is 48.9 Å². The standard InChI is InChI=1S/C18H29FN4O.HI/c1-15(24-17-8-6-7-16(19)13-17)14-22-18(20-2)21-9-12-23-10-4-3-5-11-23;/h6-8,13,15H,3-5,9-12,14H2,1-2H3,(H2,20,21,22);1H. The molecule has 1 heterocycles. The zero-order chi connectivity index (χ0) is 17.2. The first-order valence-corrected chi connectivity index (χ1v) is 8.76. The fraction of sp³-hybridized carbons (Fsp3) is 0.611. The highest BCUT2D eigenvalue weighted by molar-refractivity contribution is 14.0. The van der Waals surface area contributed by atoms with Crippen LogP contribution in [-0.2, 0) is 0 Å². The first kappa shape index (κ1) is 22.0. The van der Waals surface area contributed by atoms with Gasteiger partial charge in [-0.3, -0.25) is 4.99 Å². The van der Waals surface area contributed by atoms with Gasteiger partial charge in [0.2, 0.25) is 0 Å². The number of ether oxygens (including phenoxy) is 1. The van der Waals surface area contributed by atoms with Gasteiger partial charge in [0.15, 0.2) is 5.96 Å². The van der Waals surface area contributed by atoms with Crippen LogP contribution in [0.5, 0.6) is 5.75 Å². The van der Waals surface area contributed by atoms with Crippen LogP contribution >= 0.6 is 24.0 Å². The Kier molecular flexibility index (Phi) is 10.8. The van der Waals surface area contributed by atoms with Gasteiger partial charge in [0.1, 0.15) is 17.7 Å². The van der Waals surface area contributed by atoms with E-state index < -0.39 is 0 Å². The van der Waals surface area contributed by atoms with Gasteiger partial charge in [-0.2, -0.15) is 0 Å². The molecule has 2 N–H and O–H groups in total. The van der Waals surface area contributed by atoms with Gasteiger partial charge >= 0.3 is 0 Å². The van der Waals surface area contributed by atoms with Crippen LogP contribution in [-0.4, -0.2) is 56.7 Å². The highest BCUT2D eigenvalue weighted by Crippen LogP contribution is 2.13. The number of aliphatic imine (C=N–C) groups is 1. The van der Waals surface area contributed by atoms with Crippen molar-refractivity contribution in [2.45, 2.75) is 32.3 Å². The summed E-state index contributed by atoms with van der Waals surface area (Å²) in [5.41, 5.74) is 0. The normalized spacial score (nSPS) is 16.7. The lowest BCUT2D eigenvalue weighted by atomic mass is 10.1. The molecule has 0 radical (unpaired) electrons. The maximum Gasteiger partial charge on any atom is 0.191 e. The van der Waals surface area contributed by atoms with Gasteiger partial charge in [0, 0.05) is 26.2 Å². The van der Waals surface area contributed by atoms with Crippen LogP contribution in [0.4, 0.5) is 4.39 Å². The molecule has 7 heteroatoms. The Balaban J connectivity index is 0.00000312. The van der Waals surface area contributed by atoms with Gasteiger partial charge in [-0.15, -0.1) is 24.0 Å². The molecule has 1 aromatic rings. The van der Waals surface area contributed by atoms with Crippen LogP contribution in [0, 0.1) is 5.82 Å². The molecule has 1 fully saturated rings. The summed E-state index contributed by atoms with van der Waals surface area (Å²) < 4.78 is 18.8. The molecule has 1 saturated heterocycles. The molecule has 0 saturated carbocycles. The van der Waals surface area contributed by atoms with E-state index in [1.807, 2.05) is 6.92 Å². The molecule has 0 spiro atoms. The summed E-state index contributed by atoms with van der Waals surface area (Å²) in [6.45, 7) is 6.85. The van der Waals surface area contributed by atoms with Crippen molar-refractivity contribution in [3.05, 3.63) is 30.1 Å². The maximum absolute atomic E-state index is 13.2. The van der Waals surface area contributed by atoms with E-state index in [0.29, 0.717) is 12.3 Å². The summed E-state index contributed by atoms with van der Waals surface area (Å²) in [4.78, 5) is 6.71. The van der Waals surface area contributed by atoms with Crippen LogP contribution < -0.4 is 15.4 Å². The molecular weight excluding hydrogens is 434 g/mol. The molecule has 1 aliphatic rings. The second-order valence-electron chi connectivity index (χ2n) is 6.17. The summed E-state index contributed by atoms with van der Waals surface area (Å²) in [5, 5.41) is 6.57. The summed E-state index contributed by atoms with van der Waals surface area (Å²) in [5.74, 6) is 1.02. The molecule has 1 aromatic carbocycles. The van der Waals surface area contributed by atoms with E-state index in [-0.39, 0.29) is 35.9 Å². The fourth-order valence-corrected chi connectivity index (χ4v) is 2.79. The quantitative estimate of drug-likeness (QED) is 0.370. The molecule has 142 valence electrons. The van der Waals surface area contributed by atoms with Crippen molar-refractivity contribution in [1.82, 2.24) is 15.5 Å². The number of likely N-dealkylation sites (tertiary alicyclic amines) is 1. The molecular formula is C18H30FIN4O. The van der Waals surface area contributed by atoms with Gasteiger partial charge in [0.05, 0.1) is 6.54 Å². The minimum Gasteiger partial charge on any atom is -0.489 e. The number of benzene rings is 1. The third-order valence-corrected chi connectivity index (χ3v) is 4.08. The first-order valence-electron chi connectivity index (χ1n) is 8.76. The SMILES string of the molecule is CN=C(NCCN1CCCCC1)NCC(C)Oc1cccc(F)c1.I. The number of nitrogens with one attached hydrogen (secondary N) is 2. The lowest BCUT2D eigenvalue weighted by Gasteiger charge is -2.26. The van der Waals surface area contributed by atoms with Crippen molar-refractivity contribution >= 4 is 29.9 Å². The first-order chi connectivity index (χ1) is 11.7. The van der Waals surface area contributed by atoms with E-state index in [4.69, 9.17) is 4.74 Å². The Morgan fingerprint density at radius 1 is 1.28 bits per heavy atom. The number of halogens is 2. The monoisotopic (exact) mass is 464 g/mol. The Labute approximate surface area is 167 Å². The van der Waals surface area contributed by atoms with Gasteiger partial charge in [-0.1, -0.05) is 12.5 Å². The van der Waals surface area contributed by atoms with E-state index in [1.54, 1.807) is 19.2 Å². The molecule has 0 bridgehead atoms. The summed E-state index contributed by atoms with van der Waals surface area (Å²) in [6.07, 6.45) is 3.88. The van der Waals surface area contributed by atoms with E-state index in [1.165, 1.54) is 44.5 Å². The molecule has 0 aromatic heterocycles. The predicted molar refractivity (Wildman–Crippen MR) is 112 cm³/mol. The van der Waals surface area contributed by atoms with Crippen LogP contribution in [0.3, 0.4) is 0 Å². The summed E-state index contributed by atoms with van der Waals surface area (Å²) in [7, 11) is 1.76. The highest BCUT2D eigenvalue weighted by atomic mass is 127. The van der Waals surface area contributed by atoms with Crippen molar-refractivity contribution < 1.29 is 9.13 Å². The molecule has 0 aliphatic carbocycles. The van der Waals surface area contributed by atoms with Crippen LogP contribution in [0.2, 0.25) is 0 Å². The highest BCUT2D eigenvalue weighted by Gasteiger charge is 2.10. The molecule has 1 atom stereocenters. The van der Waals surface area contributed by atoms with Crippen molar-refractivity contribution in [3.63, 3.8) is 0 Å². The van der Waals surface area contributed by atoms with E-state index >= 15 is 0 Å². The second-order valence-corrected chi connectivity index (χ2v) is 6.17. The lowest BCUT2D eigenvalue weighted by molar-refractivity contribution is 0.222. The molecule has 1 unspecified atom stereocenters. The molecule has 25 heavy (non-hydrogen) atoms. The smallest absolute Gasteiger partial charge is 0.191 e. The minimum atomic E-state index is -0.289. The number of guanidine groups is 1. The van der Waals surface area contributed by atoms with E-state index in [9.17, 15) is 4.39 Å². The van der Waals surface area contributed by atoms with E-state index in [2.05, 4.69) is 20.5 Å². The van der Waals surface area contributed by atoms with Crippen LogP contribution in [0.1, 0.15) is 26.2 Å². The average Bonchev–Trinajstić information content (AvgIpc) is 2.59. The maximum atomic E-state index is 13.2. The minimum absolute atomic E-state index is 0. The van der Waals surface area contributed by atoms with E-state index in [0.717, 1.165) is 19.0 Å². The Morgan fingerprint density at radius 2 is 2.04 bits per heavy atom. The Hall–Kier alpha value is -1.09. The van der Waals surface area contributed by atoms with Gasteiger partial charge in [-0.05, 0) is 45.0 Å². The largest absolute Gasteiger partial charge is 0.489 e. The van der Waals surface area contributed by atoms with Crippen LogP contribution in [0.15, 0.2) is 29.3 Å². The lowest BCUT2D eigenvalue weighted by Crippen LogP contribution is -2.45. The molecule has 1 aliphatic heterocycles. The Morgan fingerprint density at radius 3 is 2.72 bits per heavy atom. The van der Waals surface area contributed by atoms with Crippen molar-refractivity contribution in [3.8, 4) is 5.75 Å². The van der Waals surface area contributed by atoms with Gasteiger partial charge in [0.25, 0.3) is 0 Å². The van der Waals surface area contributed by atoms with Crippen LogP contribution in [0.25, 0.3) is 0 Å². The number of rotatable bonds is 7.